The van der Waals surface area contributed by atoms with E-state index in [2.05, 4.69) is 33.0 Å². The minimum absolute atomic E-state index is 0.00941. The number of nitrogens with one attached hydrogen (secondary N) is 1. The van der Waals surface area contributed by atoms with Crippen LogP contribution >= 0.6 is 0 Å². The number of benzene rings is 1. The Bertz CT molecular complexity index is 598. The van der Waals surface area contributed by atoms with Crippen molar-refractivity contribution in [1.82, 2.24) is 5.32 Å². The Morgan fingerprint density at radius 2 is 1.70 bits per heavy atom. The summed E-state index contributed by atoms with van der Waals surface area (Å²) in [5.74, 6) is -0.349. The van der Waals surface area contributed by atoms with Crippen LogP contribution in [0.4, 0.5) is 0 Å². The van der Waals surface area contributed by atoms with Gasteiger partial charge in [-0.25, -0.2) is 8.42 Å². The van der Waals surface area contributed by atoms with Gasteiger partial charge in [0, 0.05) is 13.0 Å². The van der Waals surface area contributed by atoms with Crippen molar-refractivity contribution in [2.45, 2.75) is 63.7 Å². The lowest BCUT2D eigenvalue weighted by Crippen LogP contribution is -2.26. The molecule has 0 saturated carbocycles. The van der Waals surface area contributed by atoms with E-state index in [1.165, 1.54) is 0 Å². The number of carbonyl (C=O) groups excluding carboxylic acids is 1. The predicted octanol–water partition coefficient (Wildman–Crippen LogP) is 3.45. The highest BCUT2D eigenvalue weighted by Gasteiger charge is 2.18. The lowest BCUT2D eigenvalue weighted by atomic mass is 9.87. The molecule has 0 spiro atoms. The summed E-state index contributed by atoms with van der Waals surface area (Å²) < 4.78 is 24.6. The Hall–Kier alpha value is -1.36. The summed E-state index contributed by atoms with van der Waals surface area (Å²) in [6, 6.07) is 6.96. The minimum atomic E-state index is -3.41. The van der Waals surface area contributed by atoms with E-state index in [-0.39, 0.29) is 28.4 Å². The largest absolute Gasteiger partial charge is 0.356 e. The van der Waals surface area contributed by atoms with Gasteiger partial charge in [0.15, 0.2) is 9.84 Å². The first-order chi connectivity index (χ1) is 10.7. The molecular weight excluding hydrogens is 310 g/mol. The molecule has 1 amide bonds. The van der Waals surface area contributed by atoms with Crippen LogP contribution in [0, 0.1) is 0 Å². The molecule has 1 N–H and O–H groups in total. The SMILES string of the molecule is CCCCCNC(=O)CCS(=O)(=O)c1ccc(C(C)(C)C)cc1. The molecule has 23 heavy (non-hydrogen) atoms. The molecule has 0 aliphatic heterocycles. The van der Waals surface area contributed by atoms with Crippen LogP contribution in [-0.4, -0.2) is 26.6 Å². The molecule has 1 aromatic carbocycles. The van der Waals surface area contributed by atoms with Crippen molar-refractivity contribution in [1.29, 1.82) is 0 Å². The van der Waals surface area contributed by atoms with Crippen LogP contribution in [0.1, 0.15) is 58.9 Å². The number of sulfone groups is 1. The van der Waals surface area contributed by atoms with Crippen LogP contribution in [0.3, 0.4) is 0 Å². The smallest absolute Gasteiger partial charge is 0.221 e. The molecule has 0 atom stereocenters. The summed E-state index contributed by atoms with van der Waals surface area (Å²) in [5.41, 5.74) is 1.07. The fraction of sp³-hybridized carbons (Fsp3) is 0.611. The van der Waals surface area contributed by atoms with Crippen molar-refractivity contribution in [2.75, 3.05) is 12.3 Å². The number of carbonyl (C=O) groups is 1. The molecule has 1 aromatic rings. The number of amides is 1. The standard InChI is InChI=1S/C18H29NO3S/c1-5-6-7-13-19-17(20)12-14-23(21,22)16-10-8-15(9-11-16)18(2,3)4/h8-11H,5-7,12-14H2,1-4H3,(H,19,20). The first kappa shape index (κ1) is 19.7. The van der Waals surface area contributed by atoms with Gasteiger partial charge in [0.05, 0.1) is 10.6 Å². The van der Waals surface area contributed by atoms with E-state index >= 15 is 0 Å². The second-order valence-corrected chi connectivity index (χ2v) is 9.01. The van der Waals surface area contributed by atoms with Gasteiger partial charge in [0.25, 0.3) is 0 Å². The number of rotatable bonds is 8. The molecule has 5 heteroatoms. The topological polar surface area (TPSA) is 63.2 Å². The van der Waals surface area contributed by atoms with Gasteiger partial charge in [0.2, 0.25) is 5.91 Å². The third-order valence-corrected chi connectivity index (χ3v) is 5.51. The molecule has 0 aliphatic rings. The molecule has 0 aliphatic carbocycles. The molecule has 0 heterocycles. The van der Waals surface area contributed by atoms with Crippen LogP contribution in [-0.2, 0) is 20.0 Å². The van der Waals surface area contributed by atoms with Gasteiger partial charge in [0.1, 0.15) is 0 Å². The Balaban J connectivity index is 2.57. The first-order valence-electron chi connectivity index (χ1n) is 8.27. The second kappa shape index (κ2) is 8.48. The normalized spacial score (nSPS) is 12.2. The summed E-state index contributed by atoms with van der Waals surface area (Å²) >= 11 is 0. The lowest BCUT2D eigenvalue weighted by molar-refractivity contribution is -0.120. The zero-order chi connectivity index (χ0) is 17.5. The zero-order valence-corrected chi connectivity index (χ0v) is 15.5. The van der Waals surface area contributed by atoms with Gasteiger partial charge in [-0.1, -0.05) is 52.7 Å². The maximum Gasteiger partial charge on any atom is 0.221 e. The molecule has 0 aromatic heterocycles. The Labute approximate surface area is 140 Å². The van der Waals surface area contributed by atoms with Crippen LogP contribution in [0.15, 0.2) is 29.2 Å². The molecule has 0 fully saturated rings. The highest BCUT2D eigenvalue weighted by Crippen LogP contribution is 2.23. The Morgan fingerprint density at radius 3 is 2.22 bits per heavy atom. The average Bonchev–Trinajstić information content (AvgIpc) is 2.49. The summed E-state index contributed by atoms with van der Waals surface area (Å²) in [6.45, 7) is 8.96. The average molecular weight is 340 g/mol. The molecule has 1 rings (SSSR count). The summed E-state index contributed by atoms with van der Waals surface area (Å²) in [5, 5.41) is 2.77. The molecule has 0 radical (unpaired) electrons. The van der Waals surface area contributed by atoms with Gasteiger partial charge in [-0.05, 0) is 29.5 Å². The van der Waals surface area contributed by atoms with Crippen molar-refractivity contribution in [2.24, 2.45) is 0 Å². The van der Waals surface area contributed by atoms with Gasteiger partial charge < -0.3 is 5.32 Å². The maximum atomic E-state index is 12.3. The van der Waals surface area contributed by atoms with E-state index in [4.69, 9.17) is 0 Å². The molecule has 0 unspecified atom stereocenters. The van der Waals surface area contributed by atoms with E-state index in [0.29, 0.717) is 6.54 Å². The lowest BCUT2D eigenvalue weighted by Gasteiger charge is -2.19. The minimum Gasteiger partial charge on any atom is -0.356 e. The van der Waals surface area contributed by atoms with E-state index < -0.39 is 9.84 Å². The van der Waals surface area contributed by atoms with Gasteiger partial charge >= 0.3 is 0 Å². The van der Waals surface area contributed by atoms with Crippen molar-refractivity contribution in [3.05, 3.63) is 29.8 Å². The van der Waals surface area contributed by atoms with Crippen LogP contribution in [0.25, 0.3) is 0 Å². The quantitative estimate of drug-likeness (QED) is 0.738. The van der Waals surface area contributed by atoms with Crippen molar-refractivity contribution in [3.63, 3.8) is 0 Å². The fourth-order valence-electron chi connectivity index (χ4n) is 2.20. The van der Waals surface area contributed by atoms with E-state index in [9.17, 15) is 13.2 Å². The van der Waals surface area contributed by atoms with Crippen molar-refractivity contribution >= 4 is 15.7 Å². The van der Waals surface area contributed by atoms with E-state index in [1.54, 1.807) is 12.1 Å². The van der Waals surface area contributed by atoms with Gasteiger partial charge in [-0.3, -0.25) is 4.79 Å². The van der Waals surface area contributed by atoms with Crippen LogP contribution < -0.4 is 5.32 Å². The summed E-state index contributed by atoms with van der Waals surface area (Å²) in [7, 11) is -3.41. The van der Waals surface area contributed by atoms with Crippen LogP contribution in [0.2, 0.25) is 0 Å². The van der Waals surface area contributed by atoms with E-state index in [1.807, 2.05) is 12.1 Å². The molecule has 0 bridgehead atoms. The van der Waals surface area contributed by atoms with E-state index in [0.717, 1.165) is 24.8 Å². The molecule has 130 valence electrons. The number of unbranched alkanes of at least 4 members (excludes halogenated alkanes) is 2. The summed E-state index contributed by atoms with van der Waals surface area (Å²) in [6.07, 6.45) is 3.10. The fourth-order valence-corrected chi connectivity index (χ4v) is 3.44. The highest BCUT2D eigenvalue weighted by atomic mass is 32.2. The highest BCUT2D eigenvalue weighted by molar-refractivity contribution is 7.91. The van der Waals surface area contributed by atoms with Crippen LogP contribution in [0.5, 0.6) is 0 Å². The molecule has 4 nitrogen and oxygen atoms in total. The zero-order valence-electron chi connectivity index (χ0n) is 14.7. The van der Waals surface area contributed by atoms with Crippen molar-refractivity contribution in [3.8, 4) is 0 Å². The second-order valence-electron chi connectivity index (χ2n) is 6.90. The molecular formula is C18H29NO3S. The number of hydrogen-bond acceptors (Lipinski definition) is 3. The third kappa shape index (κ3) is 6.73. The summed E-state index contributed by atoms with van der Waals surface area (Å²) in [4.78, 5) is 12.0. The Kier molecular flexibility index (Phi) is 7.26. The third-order valence-electron chi connectivity index (χ3n) is 3.78. The van der Waals surface area contributed by atoms with Crippen molar-refractivity contribution < 1.29 is 13.2 Å². The van der Waals surface area contributed by atoms with Gasteiger partial charge in [-0.2, -0.15) is 0 Å². The first-order valence-corrected chi connectivity index (χ1v) is 9.92. The predicted molar refractivity (Wildman–Crippen MR) is 94.3 cm³/mol. The number of hydrogen-bond donors (Lipinski definition) is 1. The maximum absolute atomic E-state index is 12.3. The molecule has 0 saturated heterocycles. The van der Waals surface area contributed by atoms with Gasteiger partial charge in [-0.15, -0.1) is 0 Å². The monoisotopic (exact) mass is 339 g/mol. The Morgan fingerprint density at radius 1 is 1.09 bits per heavy atom.